The molecule has 2 aromatic carbocycles. The minimum absolute atomic E-state index is 0.281. The summed E-state index contributed by atoms with van der Waals surface area (Å²) in [5, 5.41) is 0. The largest absolute Gasteiger partial charge is 0.497 e. The number of hydrogen-bond donors (Lipinski definition) is 1. The third-order valence-electron chi connectivity index (χ3n) is 4.72. The minimum Gasteiger partial charge on any atom is -0.497 e. The Morgan fingerprint density at radius 2 is 1.56 bits per heavy atom. The number of benzene rings is 2. The first-order valence-electron chi connectivity index (χ1n) is 9.00. The van der Waals surface area contributed by atoms with Gasteiger partial charge in [-0.25, -0.2) is 13.1 Å². The fourth-order valence-corrected chi connectivity index (χ4v) is 4.63. The van der Waals surface area contributed by atoms with Crippen LogP contribution in [0.5, 0.6) is 11.5 Å². The van der Waals surface area contributed by atoms with Gasteiger partial charge in [-0.3, -0.25) is 0 Å². The lowest BCUT2D eigenvalue weighted by Crippen LogP contribution is -2.30. The second-order valence-electron chi connectivity index (χ2n) is 7.09. The van der Waals surface area contributed by atoms with Crippen molar-refractivity contribution in [2.45, 2.75) is 45.1 Å². The molecule has 0 aromatic heterocycles. The Hall–Kier alpha value is -2.05. The van der Waals surface area contributed by atoms with E-state index in [0.29, 0.717) is 23.7 Å². The third kappa shape index (κ3) is 5.02. The van der Waals surface area contributed by atoms with Gasteiger partial charge in [0.2, 0.25) is 10.0 Å². The van der Waals surface area contributed by atoms with E-state index in [1.54, 1.807) is 33.3 Å². The molecule has 1 atom stereocenters. The molecule has 0 saturated heterocycles. The summed E-state index contributed by atoms with van der Waals surface area (Å²) in [6, 6.07) is 10.5. The summed E-state index contributed by atoms with van der Waals surface area (Å²) in [6.45, 7) is 7.82. The van der Waals surface area contributed by atoms with E-state index >= 15 is 0 Å². The highest BCUT2D eigenvalue weighted by atomic mass is 32.2. The van der Waals surface area contributed by atoms with Crippen LogP contribution in [-0.4, -0.2) is 22.6 Å². The summed E-state index contributed by atoms with van der Waals surface area (Å²) >= 11 is 0. The van der Waals surface area contributed by atoms with Gasteiger partial charge in [-0.05, 0) is 67.1 Å². The molecule has 2 aromatic rings. The lowest BCUT2D eigenvalue weighted by Gasteiger charge is -2.22. The molecule has 5 nitrogen and oxygen atoms in total. The summed E-state index contributed by atoms with van der Waals surface area (Å²) in [4.78, 5) is 0.281. The summed E-state index contributed by atoms with van der Waals surface area (Å²) < 4.78 is 39.6. The van der Waals surface area contributed by atoms with E-state index in [2.05, 4.69) is 18.6 Å². The molecule has 0 aliphatic carbocycles. The van der Waals surface area contributed by atoms with Gasteiger partial charge >= 0.3 is 0 Å². The highest BCUT2D eigenvalue weighted by Gasteiger charge is 2.25. The van der Waals surface area contributed by atoms with Gasteiger partial charge in [0.1, 0.15) is 11.5 Å². The molecule has 0 heterocycles. The van der Waals surface area contributed by atoms with Crippen molar-refractivity contribution < 1.29 is 17.9 Å². The van der Waals surface area contributed by atoms with Gasteiger partial charge in [-0.2, -0.15) is 0 Å². The maximum Gasteiger partial charge on any atom is 0.241 e. The first-order valence-corrected chi connectivity index (χ1v) is 10.5. The smallest absolute Gasteiger partial charge is 0.241 e. The molecular weight excluding hydrogens is 362 g/mol. The fraction of sp³-hybridized carbons (Fsp3) is 0.429. The van der Waals surface area contributed by atoms with Crippen LogP contribution in [0.15, 0.2) is 41.3 Å². The third-order valence-corrected chi connectivity index (χ3v) is 6.34. The summed E-state index contributed by atoms with van der Waals surface area (Å²) in [7, 11) is -0.495. The van der Waals surface area contributed by atoms with Crippen LogP contribution in [0.4, 0.5) is 0 Å². The quantitative estimate of drug-likeness (QED) is 0.725. The Labute approximate surface area is 162 Å². The molecule has 0 spiro atoms. The van der Waals surface area contributed by atoms with E-state index in [1.165, 1.54) is 0 Å². The molecule has 27 heavy (non-hydrogen) atoms. The van der Waals surface area contributed by atoms with Gasteiger partial charge in [0.05, 0.1) is 19.1 Å². The number of rotatable bonds is 8. The van der Waals surface area contributed by atoms with Gasteiger partial charge in [0.15, 0.2) is 0 Å². The lowest BCUT2D eigenvalue weighted by atomic mass is 9.98. The average molecular weight is 392 g/mol. The van der Waals surface area contributed by atoms with Crippen molar-refractivity contribution in [1.82, 2.24) is 4.72 Å². The number of methoxy groups -OCH3 is 2. The van der Waals surface area contributed by atoms with Crippen LogP contribution in [0.25, 0.3) is 0 Å². The molecule has 0 aliphatic heterocycles. The van der Waals surface area contributed by atoms with E-state index in [-0.39, 0.29) is 10.9 Å². The van der Waals surface area contributed by atoms with E-state index < -0.39 is 10.0 Å². The van der Waals surface area contributed by atoms with Crippen LogP contribution in [0.2, 0.25) is 0 Å². The Bertz CT molecular complexity index is 874. The Kier molecular flexibility index (Phi) is 6.89. The SMILES string of the molecule is COc1ccc([C@@H](CC(C)C)NS(=O)(=O)c2ccc(OC)c(C)c2C)cc1. The molecular formula is C21H29NO4S. The first kappa shape index (κ1) is 21.3. The molecule has 0 aliphatic rings. The fourth-order valence-electron chi connectivity index (χ4n) is 3.09. The molecule has 1 N–H and O–H groups in total. The average Bonchev–Trinajstić information content (AvgIpc) is 2.62. The van der Waals surface area contributed by atoms with Crippen LogP contribution >= 0.6 is 0 Å². The molecule has 0 saturated carbocycles. The van der Waals surface area contributed by atoms with E-state index in [0.717, 1.165) is 16.9 Å². The van der Waals surface area contributed by atoms with Gasteiger partial charge in [-0.1, -0.05) is 26.0 Å². The topological polar surface area (TPSA) is 64.6 Å². The summed E-state index contributed by atoms with van der Waals surface area (Å²) in [5.74, 6) is 1.75. The van der Waals surface area contributed by atoms with Gasteiger partial charge in [0, 0.05) is 6.04 Å². The molecule has 0 fully saturated rings. The maximum atomic E-state index is 13.1. The van der Waals surface area contributed by atoms with E-state index in [1.807, 2.05) is 31.2 Å². The number of hydrogen-bond acceptors (Lipinski definition) is 4. The zero-order chi connectivity index (χ0) is 20.2. The molecule has 6 heteroatoms. The highest BCUT2D eigenvalue weighted by molar-refractivity contribution is 7.89. The zero-order valence-corrected chi connectivity index (χ0v) is 17.7. The number of nitrogens with one attached hydrogen (secondary N) is 1. The molecule has 0 radical (unpaired) electrons. The van der Waals surface area contributed by atoms with Crippen LogP contribution in [0.3, 0.4) is 0 Å². The Morgan fingerprint density at radius 3 is 2.07 bits per heavy atom. The summed E-state index contributed by atoms with van der Waals surface area (Å²) in [6.07, 6.45) is 0.694. The van der Waals surface area contributed by atoms with E-state index in [4.69, 9.17) is 9.47 Å². The molecule has 0 unspecified atom stereocenters. The maximum absolute atomic E-state index is 13.1. The lowest BCUT2D eigenvalue weighted by molar-refractivity contribution is 0.410. The number of ether oxygens (including phenoxy) is 2. The van der Waals surface area contributed by atoms with Crippen molar-refractivity contribution in [2.75, 3.05) is 14.2 Å². The van der Waals surface area contributed by atoms with E-state index in [9.17, 15) is 8.42 Å². The van der Waals surface area contributed by atoms with Crippen LogP contribution in [0.1, 0.15) is 43.0 Å². The molecule has 2 rings (SSSR count). The first-order chi connectivity index (χ1) is 12.7. The van der Waals surface area contributed by atoms with Crippen molar-refractivity contribution in [3.63, 3.8) is 0 Å². The summed E-state index contributed by atoms with van der Waals surface area (Å²) in [5.41, 5.74) is 2.43. The Morgan fingerprint density at radius 1 is 0.926 bits per heavy atom. The molecule has 0 amide bonds. The standard InChI is InChI=1S/C21H29NO4S/c1-14(2)13-19(17-7-9-18(25-5)10-8-17)22-27(23,24)21-12-11-20(26-6)15(3)16(21)4/h7-12,14,19,22H,13H2,1-6H3/t19-/m1/s1. The van der Waals surface area contributed by atoms with Crippen molar-refractivity contribution >= 4 is 10.0 Å². The normalized spacial score (nSPS) is 12.9. The van der Waals surface area contributed by atoms with Crippen LogP contribution in [-0.2, 0) is 10.0 Å². The Balaban J connectivity index is 2.39. The molecule has 0 bridgehead atoms. The van der Waals surface area contributed by atoms with Gasteiger partial charge in [0.25, 0.3) is 0 Å². The van der Waals surface area contributed by atoms with Crippen molar-refractivity contribution in [3.05, 3.63) is 53.1 Å². The van der Waals surface area contributed by atoms with Crippen molar-refractivity contribution in [3.8, 4) is 11.5 Å². The number of sulfonamides is 1. The predicted molar refractivity (Wildman–Crippen MR) is 108 cm³/mol. The zero-order valence-electron chi connectivity index (χ0n) is 16.9. The van der Waals surface area contributed by atoms with Crippen molar-refractivity contribution in [2.24, 2.45) is 5.92 Å². The highest BCUT2D eigenvalue weighted by Crippen LogP contribution is 2.30. The van der Waals surface area contributed by atoms with Gasteiger partial charge < -0.3 is 9.47 Å². The second-order valence-corrected chi connectivity index (χ2v) is 8.77. The molecule has 148 valence electrons. The van der Waals surface area contributed by atoms with Crippen LogP contribution < -0.4 is 14.2 Å². The minimum atomic E-state index is -3.68. The second kappa shape index (κ2) is 8.76. The van der Waals surface area contributed by atoms with Gasteiger partial charge in [-0.15, -0.1) is 0 Å². The monoisotopic (exact) mass is 391 g/mol. The van der Waals surface area contributed by atoms with Crippen molar-refractivity contribution in [1.29, 1.82) is 0 Å². The predicted octanol–water partition coefficient (Wildman–Crippen LogP) is 4.39. The van der Waals surface area contributed by atoms with Crippen LogP contribution in [0, 0.1) is 19.8 Å².